The van der Waals surface area contributed by atoms with Crippen LogP contribution in [0.25, 0.3) is 10.2 Å². The smallest absolute Gasteiger partial charge is 0.279 e. The van der Waals surface area contributed by atoms with Crippen molar-refractivity contribution in [3.63, 3.8) is 0 Å². The van der Waals surface area contributed by atoms with Crippen LogP contribution in [-0.2, 0) is 6.42 Å². The van der Waals surface area contributed by atoms with Crippen LogP contribution in [0.15, 0.2) is 60.9 Å². The average Bonchev–Trinajstić information content (AvgIpc) is 3.12. The second-order valence-corrected chi connectivity index (χ2v) is 7.97. The highest BCUT2D eigenvalue weighted by molar-refractivity contribution is 7.20. The minimum Gasteiger partial charge on any atom is -0.493 e. The summed E-state index contributed by atoms with van der Waals surface area (Å²) in [6.07, 6.45) is 3.53. The summed E-state index contributed by atoms with van der Waals surface area (Å²) in [5, 5.41) is 11.3. The number of aliphatic hydroxyl groups excluding tert-OH is 1. The molecule has 0 unspecified atom stereocenters. The number of aliphatic hydroxyl groups is 1. The number of rotatable bonds is 4. The lowest BCUT2D eigenvalue weighted by Gasteiger charge is -2.30. The van der Waals surface area contributed by atoms with Crippen molar-refractivity contribution in [3.05, 3.63) is 77.9 Å². The maximum atomic E-state index is 13.4. The maximum absolute atomic E-state index is 13.4. The van der Waals surface area contributed by atoms with Crippen molar-refractivity contribution in [1.82, 2.24) is 9.97 Å². The van der Waals surface area contributed by atoms with Crippen LogP contribution in [0.5, 0.6) is 16.7 Å². The van der Waals surface area contributed by atoms with Crippen molar-refractivity contribution < 1.29 is 19.0 Å². The van der Waals surface area contributed by atoms with Crippen LogP contribution in [0, 0.1) is 11.7 Å². The predicted molar refractivity (Wildman–Crippen MR) is 108 cm³/mol. The molecule has 0 saturated heterocycles. The van der Waals surface area contributed by atoms with Crippen LogP contribution >= 0.6 is 11.3 Å². The molecule has 29 heavy (non-hydrogen) atoms. The average molecular weight is 408 g/mol. The van der Waals surface area contributed by atoms with E-state index in [1.54, 1.807) is 36.7 Å². The van der Waals surface area contributed by atoms with Crippen molar-refractivity contribution >= 4 is 21.6 Å². The van der Waals surface area contributed by atoms with E-state index in [1.165, 1.54) is 23.5 Å². The van der Waals surface area contributed by atoms with Gasteiger partial charge in [-0.2, -0.15) is 0 Å². The molecule has 1 N–H and O–H groups in total. The molecular formula is C22H17FN2O3S. The van der Waals surface area contributed by atoms with Crippen LogP contribution in [0.3, 0.4) is 0 Å². The Balaban J connectivity index is 1.38. The van der Waals surface area contributed by atoms with E-state index in [-0.39, 0.29) is 11.7 Å². The third kappa shape index (κ3) is 3.66. The number of nitrogens with zero attached hydrogens (tertiary/aromatic N) is 2. The SMILES string of the molecule is O[C@@H]1c2cc(Oc3nc4cc(F)ccc4s3)ccc2OC[C@@H]1Cc1cccnc1. The van der Waals surface area contributed by atoms with Crippen LogP contribution in [0.2, 0.25) is 0 Å². The minimum absolute atomic E-state index is 0.0765. The van der Waals surface area contributed by atoms with Gasteiger partial charge in [-0.15, -0.1) is 0 Å². The van der Waals surface area contributed by atoms with Crippen molar-refractivity contribution in [2.24, 2.45) is 5.92 Å². The van der Waals surface area contributed by atoms with Gasteiger partial charge < -0.3 is 14.6 Å². The summed E-state index contributed by atoms with van der Waals surface area (Å²) in [5.74, 6) is 0.794. The summed E-state index contributed by atoms with van der Waals surface area (Å²) in [6.45, 7) is 0.437. The van der Waals surface area contributed by atoms with E-state index in [1.807, 2.05) is 12.1 Å². The molecule has 0 radical (unpaired) electrons. The molecule has 3 heterocycles. The van der Waals surface area contributed by atoms with Gasteiger partial charge in [0.15, 0.2) is 0 Å². The number of aromatic nitrogens is 2. The molecule has 2 aromatic carbocycles. The first kappa shape index (κ1) is 18.0. The monoisotopic (exact) mass is 408 g/mol. The summed E-state index contributed by atoms with van der Waals surface area (Å²) in [5.41, 5.74) is 2.30. The summed E-state index contributed by atoms with van der Waals surface area (Å²) in [6, 6.07) is 13.7. The van der Waals surface area contributed by atoms with Gasteiger partial charge in [0.25, 0.3) is 5.19 Å². The minimum atomic E-state index is -0.674. The fourth-order valence-electron chi connectivity index (χ4n) is 3.51. The Morgan fingerprint density at radius 1 is 1.21 bits per heavy atom. The highest BCUT2D eigenvalue weighted by Crippen LogP contribution is 2.40. The Labute approximate surface area is 170 Å². The Bertz CT molecular complexity index is 1170. The Morgan fingerprint density at radius 3 is 3.00 bits per heavy atom. The third-order valence-electron chi connectivity index (χ3n) is 4.96. The molecule has 146 valence electrons. The number of thiazole rings is 1. The third-order valence-corrected chi connectivity index (χ3v) is 5.87. The van der Waals surface area contributed by atoms with Crippen LogP contribution in [0.4, 0.5) is 4.39 Å². The van der Waals surface area contributed by atoms with Gasteiger partial charge in [-0.05, 0) is 48.4 Å². The van der Waals surface area contributed by atoms with Crippen LogP contribution < -0.4 is 9.47 Å². The number of ether oxygens (including phenoxy) is 2. The van der Waals surface area contributed by atoms with Gasteiger partial charge in [0, 0.05) is 29.9 Å². The fraction of sp³-hybridized carbons (Fsp3) is 0.182. The number of benzene rings is 2. The van der Waals surface area contributed by atoms with Gasteiger partial charge in [-0.1, -0.05) is 17.4 Å². The van der Waals surface area contributed by atoms with Gasteiger partial charge in [-0.25, -0.2) is 9.37 Å². The summed E-state index contributed by atoms with van der Waals surface area (Å²) >= 11 is 1.34. The summed E-state index contributed by atoms with van der Waals surface area (Å²) in [7, 11) is 0. The fourth-order valence-corrected chi connectivity index (χ4v) is 4.33. The molecule has 0 bridgehead atoms. The lowest BCUT2D eigenvalue weighted by Crippen LogP contribution is -2.27. The molecule has 1 aliphatic rings. The molecule has 0 saturated carbocycles. The molecule has 0 amide bonds. The lowest BCUT2D eigenvalue weighted by molar-refractivity contribution is 0.0505. The number of hydrogen-bond donors (Lipinski definition) is 1. The maximum Gasteiger partial charge on any atom is 0.279 e. The number of pyridine rings is 1. The molecule has 5 nitrogen and oxygen atoms in total. The molecule has 7 heteroatoms. The summed E-state index contributed by atoms with van der Waals surface area (Å²) < 4.78 is 26.0. The zero-order valence-electron chi connectivity index (χ0n) is 15.3. The van der Waals surface area contributed by atoms with Gasteiger partial charge in [-0.3, -0.25) is 4.98 Å². The number of halogens is 1. The molecule has 1 aliphatic heterocycles. The molecule has 2 aromatic heterocycles. The van der Waals surface area contributed by atoms with Crippen molar-refractivity contribution in [3.8, 4) is 16.7 Å². The van der Waals surface area contributed by atoms with Crippen LogP contribution in [-0.4, -0.2) is 21.7 Å². The molecule has 0 spiro atoms. The zero-order valence-corrected chi connectivity index (χ0v) is 16.1. The first-order valence-electron chi connectivity index (χ1n) is 9.23. The lowest BCUT2D eigenvalue weighted by atomic mass is 9.88. The zero-order chi connectivity index (χ0) is 19.8. The van der Waals surface area contributed by atoms with E-state index >= 15 is 0 Å². The van der Waals surface area contributed by atoms with Crippen molar-refractivity contribution in [1.29, 1.82) is 0 Å². The van der Waals surface area contributed by atoms with Gasteiger partial charge in [0.05, 0.1) is 22.9 Å². The first-order chi connectivity index (χ1) is 14.2. The van der Waals surface area contributed by atoms with E-state index in [9.17, 15) is 9.50 Å². The largest absolute Gasteiger partial charge is 0.493 e. The summed E-state index contributed by atoms with van der Waals surface area (Å²) in [4.78, 5) is 8.46. The molecule has 0 fully saturated rings. The topological polar surface area (TPSA) is 64.5 Å². The highest BCUT2D eigenvalue weighted by atomic mass is 32.1. The predicted octanol–water partition coefficient (Wildman–Crippen LogP) is 4.91. The van der Waals surface area contributed by atoms with E-state index in [2.05, 4.69) is 9.97 Å². The van der Waals surface area contributed by atoms with Gasteiger partial charge >= 0.3 is 0 Å². The van der Waals surface area contributed by atoms with E-state index in [4.69, 9.17) is 9.47 Å². The molecule has 4 aromatic rings. The Hall–Kier alpha value is -3.03. The second-order valence-electron chi connectivity index (χ2n) is 6.97. The second kappa shape index (κ2) is 7.42. The Kier molecular flexibility index (Phi) is 4.61. The number of hydrogen-bond acceptors (Lipinski definition) is 6. The van der Waals surface area contributed by atoms with Gasteiger partial charge in [0.2, 0.25) is 0 Å². The molecule has 5 rings (SSSR count). The molecule has 0 aliphatic carbocycles. The molecule has 2 atom stereocenters. The molecular weight excluding hydrogens is 391 g/mol. The van der Waals surface area contributed by atoms with E-state index < -0.39 is 6.10 Å². The number of fused-ring (bicyclic) bond motifs is 2. The van der Waals surface area contributed by atoms with Crippen molar-refractivity contribution in [2.75, 3.05) is 6.61 Å². The highest BCUT2D eigenvalue weighted by Gasteiger charge is 2.30. The van der Waals surface area contributed by atoms with Gasteiger partial charge in [0.1, 0.15) is 17.3 Å². The van der Waals surface area contributed by atoms with E-state index in [0.717, 1.165) is 10.3 Å². The Morgan fingerprint density at radius 2 is 2.14 bits per heavy atom. The van der Waals surface area contributed by atoms with Crippen molar-refractivity contribution in [2.45, 2.75) is 12.5 Å². The van der Waals surface area contributed by atoms with E-state index in [0.29, 0.717) is 40.8 Å². The standard InChI is InChI=1S/C22H17FN2O3S/c23-15-3-6-20-18(9-15)25-22(29-20)28-16-4-5-19-17(10-16)21(26)14(12-27-19)8-13-2-1-7-24-11-13/h1-7,9-11,14,21,26H,8,12H2/t14-,21-/m0/s1. The quantitative estimate of drug-likeness (QED) is 0.520. The first-order valence-corrected chi connectivity index (χ1v) is 10.0. The van der Waals surface area contributed by atoms with Crippen LogP contribution in [0.1, 0.15) is 17.2 Å². The normalized spacial score (nSPS) is 18.3.